The second-order valence-electron chi connectivity index (χ2n) is 9.48. The summed E-state index contributed by atoms with van der Waals surface area (Å²) in [5.74, 6) is 0.281. The van der Waals surface area contributed by atoms with Gasteiger partial charge >= 0.3 is 12.3 Å². The van der Waals surface area contributed by atoms with E-state index in [4.69, 9.17) is 14.6 Å². The minimum Gasteiger partial charge on any atom is -0.497 e. The number of benzene rings is 1. The van der Waals surface area contributed by atoms with Crippen molar-refractivity contribution >= 4 is 17.7 Å². The first-order valence-electron chi connectivity index (χ1n) is 12.9. The zero-order valence-electron chi connectivity index (χ0n) is 22.6. The quantitative estimate of drug-likeness (QED) is 0.423. The third kappa shape index (κ3) is 7.87. The van der Waals surface area contributed by atoms with Crippen LogP contribution in [-0.4, -0.2) is 88.7 Å². The number of likely N-dealkylation sites (N-methyl/N-ethyl adjacent to an activating group) is 1. The Balaban J connectivity index is 1.60. The van der Waals surface area contributed by atoms with Gasteiger partial charge in [0.25, 0.3) is 5.56 Å². The molecule has 2 amide bonds. The molecule has 2 N–H and O–H groups in total. The van der Waals surface area contributed by atoms with Crippen molar-refractivity contribution in [3.8, 4) is 5.75 Å². The maximum Gasteiger partial charge on any atom is 0.423 e. The third-order valence-electron chi connectivity index (χ3n) is 6.65. The number of piperidine rings is 1. The Morgan fingerprint density at radius 2 is 1.88 bits per heavy atom. The number of methoxy groups -OCH3 is 1. The SMILES string of the molecule is CCN(C(=O)COCC(C)Nc1cnn(Cc2ccc(OC)cc2)c(=O)c1C(F)(F)F)C1CCN(C(=O)O)CC1. The molecule has 0 bridgehead atoms. The minimum atomic E-state index is -4.93. The summed E-state index contributed by atoms with van der Waals surface area (Å²) >= 11 is 0. The molecule has 220 valence electrons. The van der Waals surface area contributed by atoms with E-state index in [1.165, 1.54) is 12.0 Å². The van der Waals surface area contributed by atoms with E-state index in [-0.39, 0.29) is 31.7 Å². The molecule has 1 aromatic carbocycles. The number of hydrogen-bond acceptors (Lipinski definition) is 7. The number of ether oxygens (including phenoxy) is 2. The van der Waals surface area contributed by atoms with Gasteiger partial charge in [0.1, 0.15) is 17.9 Å². The van der Waals surface area contributed by atoms with Gasteiger partial charge in [0.15, 0.2) is 0 Å². The van der Waals surface area contributed by atoms with E-state index >= 15 is 0 Å². The van der Waals surface area contributed by atoms with Gasteiger partial charge in [-0.2, -0.15) is 18.3 Å². The number of carbonyl (C=O) groups is 2. The number of anilines is 1. The molecule has 2 heterocycles. The molecule has 1 aliphatic rings. The monoisotopic (exact) mass is 569 g/mol. The first-order valence-corrected chi connectivity index (χ1v) is 12.9. The van der Waals surface area contributed by atoms with Gasteiger partial charge in [-0.05, 0) is 44.4 Å². The van der Waals surface area contributed by atoms with Crippen molar-refractivity contribution in [2.24, 2.45) is 0 Å². The van der Waals surface area contributed by atoms with Crippen LogP contribution in [0.25, 0.3) is 0 Å². The summed E-state index contributed by atoms with van der Waals surface area (Å²) in [4.78, 5) is 39.5. The normalized spacial score (nSPS) is 15.0. The van der Waals surface area contributed by atoms with E-state index in [2.05, 4.69) is 10.4 Å². The minimum absolute atomic E-state index is 0.104. The van der Waals surface area contributed by atoms with Gasteiger partial charge in [-0.3, -0.25) is 9.59 Å². The largest absolute Gasteiger partial charge is 0.497 e. The number of amides is 2. The molecule has 14 heteroatoms. The van der Waals surface area contributed by atoms with Crippen molar-refractivity contribution in [3.63, 3.8) is 0 Å². The number of hydrogen-bond donors (Lipinski definition) is 2. The highest BCUT2D eigenvalue weighted by Gasteiger charge is 2.38. The number of aromatic nitrogens is 2. The molecule has 1 atom stereocenters. The molecule has 1 fully saturated rings. The van der Waals surface area contributed by atoms with E-state index in [0.29, 0.717) is 43.8 Å². The fourth-order valence-corrected chi connectivity index (χ4v) is 4.61. The van der Waals surface area contributed by atoms with Crippen molar-refractivity contribution in [1.82, 2.24) is 19.6 Å². The Morgan fingerprint density at radius 3 is 2.42 bits per heavy atom. The van der Waals surface area contributed by atoms with Crippen LogP contribution in [0, 0.1) is 0 Å². The predicted octanol–water partition coefficient (Wildman–Crippen LogP) is 3.13. The summed E-state index contributed by atoms with van der Waals surface area (Å²) in [6.07, 6.45) is -3.94. The van der Waals surface area contributed by atoms with Crippen LogP contribution in [0.15, 0.2) is 35.3 Å². The Hall–Kier alpha value is -3.81. The average Bonchev–Trinajstić information content (AvgIpc) is 2.90. The molecule has 1 aromatic heterocycles. The first kappa shape index (κ1) is 30.7. The fraction of sp³-hybridized carbons (Fsp3) is 0.538. The summed E-state index contributed by atoms with van der Waals surface area (Å²) in [5.41, 5.74) is -2.57. The number of nitrogens with zero attached hydrogens (tertiary/aromatic N) is 4. The lowest BCUT2D eigenvalue weighted by molar-refractivity contribution is -0.139. The highest BCUT2D eigenvalue weighted by atomic mass is 19.4. The summed E-state index contributed by atoms with van der Waals surface area (Å²) < 4.78 is 53.0. The zero-order valence-corrected chi connectivity index (χ0v) is 22.6. The second-order valence-corrected chi connectivity index (χ2v) is 9.48. The number of alkyl halides is 3. The van der Waals surface area contributed by atoms with E-state index in [0.717, 1.165) is 10.9 Å². The molecular formula is C26H34F3N5O6. The molecule has 1 aliphatic heterocycles. The summed E-state index contributed by atoms with van der Waals surface area (Å²) in [6.45, 7) is 3.91. The van der Waals surface area contributed by atoms with Crippen LogP contribution in [0.1, 0.15) is 37.8 Å². The Morgan fingerprint density at radius 1 is 1.23 bits per heavy atom. The molecule has 40 heavy (non-hydrogen) atoms. The lowest BCUT2D eigenvalue weighted by Gasteiger charge is -2.37. The second kappa shape index (κ2) is 13.5. The molecule has 0 radical (unpaired) electrons. The molecule has 2 aromatic rings. The molecule has 1 unspecified atom stereocenters. The molecule has 11 nitrogen and oxygen atoms in total. The van der Waals surface area contributed by atoms with Crippen molar-refractivity contribution in [1.29, 1.82) is 0 Å². The van der Waals surface area contributed by atoms with E-state index in [9.17, 15) is 27.6 Å². The highest BCUT2D eigenvalue weighted by Crippen LogP contribution is 2.32. The van der Waals surface area contributed by atoms with Crippen LogP contribution in [0.5, 0.6) is 5.75 Å². The van der Waals surface area contributed by atoms with E-state index in [1.54, 1.807) is 36.1 Å². The van der Waals surface area contributed by atoms with Gasteiger partial charge in [0, 0.05) is 31.7 Å². The number of carboxylic acid groups (broad SMARTS) is 1. The molecule has 1 saturated heterocycles. The number of nitrogens with one attached hydrogen (secondary N) is 1. The number of likely N-dealkylation sites (tertiary alicyclic amines) is 1. The van der Waals surface area contributed by atoms with Crippen molar-refractivity contribution in [3.05, 3.63) is 51.9 Å². The number of carbonyl (C=O) groups excluding carboxylic acids is 1. The Kier molecular flexibility index (Phi) is 10.4. The topological polar surface area (TPSA) is 126 Å². The van der Waals surface area contributed by atoms with Gasteiger partial charge < -0.3 is 29.7 Å². The Labute approximate surface area is 229 Å². The van der Waals surface area contributed by atoms with Crippen LogP contribution >= 0.6 is 0 Å². The molecule has 0 saturated carbocycles. The van der Waals surface area contributed by atoms with Crippen molar-refractivity contribution < 1.29 is 37.3 Å². The molecule has 3 rings (SSSR count). The van der Waals surface area contributed by atoms with Crippen LogP contribution in [0.2, 0.25) is 0 Å². The maximum absolute atomic E-state index is 13.9. The van der Waals surface area contributed by atoms with Crippen molar-refractivity contribution in [2.45, 2.75) is 51.5 Å². The van der Waals surface area contributed by atoms with Gasteiger partial charge in [-0.25, -0.2) is 9.48 Å². The average molecular weight is 570 g/mol. The number of rotatable bonds is 11. The molecule has 0 spiro atoms. The van der Waals surface area contributed by atoms with Crippen molar-refractivity contribution in [2.75, 3.05) is 45.3 Å². The molecule has 0 aliphatic carbocycles. The van der Waals surface area contributed by atoms with Crippen LogP contribution in [-0.2, 0) is 22.3 Å². The standard InChI is InChI=1S/C26H34F3N5O6/c1-4-33(19-9-11-32(12-10-19)25(37)38)22(35)16-40-15-17(2)31-21-13-30-34(24(36)23(21)26(27,28)29)14-18-5-7-20(39-3)8-6-18/h5-8,13,17,19,31H,4,9-12,14-16H2,1-3H3,(H,37,38). The summed E-state index contributed by atoms with van der Waals surface area (Å²) in [5, 5.41) is 15.7. The van der Waals surface area contributed by atoms with Gasteiger partial charge in [-0.1, -0.05) is 12.1 Å². The highest BCUT2D eigenvalue weighted by molar-refractivity contribution is 5.77. The fourth-order valence-electron chi connectivity index (χ4n) is 4.61. The first-order chi connectivity index (χ1) is 18.9. The van der Waals surface area contributed by atoms with Gasteiger partial charge in [-0.15, -0.1) is 0 Å². The summed E-state index contributed by atoms with van der Waals surface area (Å²) in [6, 6.07) is 5.74. The van der Waals surface area contributed by atoms with Crippen LogP contribution in [0.3, 0.4) is 0 Å². The smallest absolute Gasteiger partial charge is 0.423 e. The van der Waals surface area contributed by atoms with Crippen LogP contribution in [0.4, 0.5) is 23.7 Å². The lowest BCUT2D eigenvalue weighted by atomic mass is 10.0. The Bertz CT molecular complexity index is 1210. The van der Waals surface area contributed by atoms with Crippen LogP contribution < -0.4 is 15.6 Å². The predicted molar refractivity (Wildman–Crippen MR) is 140 cm³/mol. The zero-order chi connectivity index (χ0) is 29.4. The summed E-state index contributed by atoms with van der Waals surface area (Å²) in [7, 11) is 1.49. The van der Waals surface area contributed by atoms with E-state index in [1.807, 2.05) is 6.92 Å². The molecular weight excluding hydrogens is 535 g/mol. The lowest BCUT2D eigenvalue weighted by Crippen LogP contribution is -2.49. The van der Waals surface area contributed by atoms with Gasteiger partial charge in [0.05, 0.1) is 32.1 Å². The maximum atomic E-state index is 13.9. The third-order valence-corrected chi connectivity index (χ3v) is 6.65. The van der Waals surface area contributed by atoms with E-state index < -0.39 is 35.1 Å². The van der Waals surface area contributed by atoms with Gasteiger partial charge in [0.2, 0.25) is 5.91 Å². The number of halogens is 3.